The van der Waals surface area contributed by atoms with Crippen molar-refractivity contribution in [1.82, 2.24) is 0 Å². The minimum atomic E-state index is 0.310. The van der Waals surface area contributed by atoms with Crippen molar-refractivity contribution in [1.29, 1.82) is 0 Å². The predicted molar refractivity (Wildman–Crippen MR) is 55.7 cm³/mol. The number of hydrogen-bond acceptors (Lipinski definition) is 0. The molecule has 14 heavy (non-hydrogen) atoms. The van der Waals surface area contributed by atoms with Crippen LogP contribution in [0.1, 0.15) is 24.0 Å². The van der Waals surface area contributed by atoms with Crippen molar-refractivity contribution in [3.8, 4) is 0 Å². The second-order valence-corrected chi connectivity index (χ2v) is 3.21. The van der Waals surface area contributed by atoms with Crippen LogP contribution in [-0.4, -0.2) is 0 Å². The summed E-state index contributed by atoms with van der Waals surface area (Å²) < 4.78 is 0. The maximum Gasteiger partial charge on any atom is 0.00737 e. The van der Waals surface area contributed by atoms with Crippen molar-refractivity contribution in [2.75, 3.05) is 0 Å². The molecule has 0 saturated heterocycles. The Morgan fingerprint density at radius 3 is 1.71 bits per heavy atom. The molecular formula is C14H10. The molecule has 0 aromatic heterocycles. The highest BCUT2D eigenvalue weighted by atomic mass is 14.1. The summed E-state index contributed by atoms with van der Waals surface area (Å²) in [6.07, 6.45) is 0. The van der Waals surface area contributed by atoms with Crippen LogP contribution in [-0.2, 0) is 0 Å². The first-order valence-electron chi connectivity index (χ1n) is 4.63. The third-order valence-corrected chi connectivity index (χ3v) is 2.27. The van der Waals surface area contributed by atoms with Crippen LogP contribution in [0, 0.1) is 24.3 Å². The zero-order chi connectivity index (χ0) is 9.80. The topological polar surface area (TPSA) is 0 Å². The molecule has 0 atom stereocenters. The maximum absolute atomic E-state index is 3.20. The van der Waals surface area contributed by atoms with Crippen molar-refractivity contribution in [2.45, 2.75) is 12.8 Å². The zero-order valence-corrected chi connectivity index (χ0v) is 8.04. The molecule has 0 amide bonds. The summed E-state index contributed by atoms with van der Waals surface area (Å²) in [6, 6.07) is 23.9. The predicted octanol–water partition coefficient (Wildman–Crippen LogP) is 3.04. The van der Waals surface area contributed by atoms with Crippen molar-refractivity contribution in [2.24, 2.45) is 0 Å². The lowest BCUT2D eigenvalue weighted by molar-refractivity contribution is 0.917. The molecule has 0 N–H and O–H groups in total. The molecule has 2 aromatic carbocycles. The normalized spacial score (nSPS) is 10.4. The van der Waals surface area contributed by atoms with Gasteiger partial charge < -0.3 is 0 Å². The Labute approximate surface area is 85.2 Å². The summed E-state index contributed by atoms with van der Waals surface area (Å²) >= 11 is 0. The van der Waals surface area contributed by atoms with Gasteiger partial charge in [0.2, 0.25) is 0 Å². The quantitative estimate of drug-likeness (QED) is 0.663. The van der Waals surface area contributed by atoms with E-state index in [2.05, 4.69) is 31.2 Å². The summed E-state index contributed by atoms with van der Waals surface area (Å²) in [6.45, 7) is 2.14. The molecule has 0 saturated carbocycles. The van der Waals surface area contributed by atoms with Crippen LogP contribution in [0.15, 0.2) is 36.4 Å². The molecular weight excluding hydrogens is 168 g/mol. The smallest absolute Gasteiger partial charge is 0.00737 e. The molecule has 0 heteroatoms. The second-order valence-electron chi connectivity index (χ2n) is 3.21. The van der Waals surface area contributed by atoms with Crippen LogP contribution < -0.4 is 0 Å². The van der Waals surface area contributed by atoms with E-state index in [1.807, 2.05) is 36.4 Å². The monoisotopic (exact) mass is 178 g/mol. The van der Waals surface area contributed by atoms with Crippen LogP contribution in [0.2, 0.25) is 0 Å². The van der Waals surface area contributed by atoms with E-state index in [0.717, 1.165) is 11.1 Å². The fraction of sp³-hybridized carbons (Fsp3) is 0.143. The minimum Gasteiger partial charge on any atom is -0.0542 e. The highest BCUT2D eigenvalue weighted by molar-refractivity contribution is 5.29. The van der Waals surface area contributed by atoms with Gasteiger partial charge in [0, 0.05) is 5.92 Å². The summed E-state index contributed by atoms with van der Waals surface area (Å²) in [7, 11) is 0. The first kappa shape index (κ1) is 9.01. The van der Waals surface area contributed by atoms with Gasteiger partial charge in [-0.05, 0) is 47.5 Å². The molecule has 0 aliphatic carbocycles. The summed E-state index contributed by atoms with van der Waals surface area (Å²) in [5.41, 5.74) is 2.28. The average Bonchev–Trinajstić information content (AvgIpc) is 2.30. The SMILES string of the molecule is CC(c1[c]cc[c]c1)c1[c]cc[c]c1. The molecule has 0 aliphatic rings. The highest BCUT2D eigenvalue weighted by Crippen LogP contribution is 2.21. The molecule has 0 nitrogen and oxygen atoms in total. The van der Waals surface area contributed by atoms with E-state index in [9.17, 15) is 0 Å². The van der Waals surface area contributed by atoms with Crippen LogP contribution >= 0.6 is 0 Å². The summed E-state index contributed by atoms with van der Waals surface area (Å²) in [4.78, 5) is 0. The molecule has 0 bridgehead atoms. The Bertz CT molecular complexity index is 336. The van der Waals surface area contributed by atoms with Gasteiger partial charge in [-0.3, -0.25) is 0 Å². The number of rotatable bonds is 2. The third kappa shape index (κ3) is 1.85. The van der Waals surface area contributed by atoms with Crippen LogP contribution in [0.5, 0.6) is 0 Å². The lowest BCUT2D eigenvalue weighted by atomic mass is 9.93. The van der Waals surface area contributed by atoms with E-state index in [-0.39, 0.29) is 0 Å². The number of hydrogen-bond donors (Lipinski definition) is 0. The lowest BCUT2D eigenvalue weighted by Crippen LogP contribution is -1.95. The number of benzene rings is 2. The van der Waals surface area contributed by atoms with E-state index < -0.39 is 0 Å². The molecule has 0 unspecified atom stereocenters. The van der Waals surface area contributed by atoms with Gasteiger partial charge in [-0.25, -0.2) is 0 Å². The van der Waals surface area contributed by atoms with Crippen molar-refractivity contribution < 1.29 is 0 Å². The fourth-order valence-corrected chi connectivity index (χ4v) is 1.40. The van der Waals surface area contributed by atoms with E-state index in [0.29, 0.717) is 5.92 Å². The van der Waals surface area contributed by atoms with Gasteiger partial charge in [-0.2, -0.15) is 0 Å². The van der Waals surface area contributed by atoms with Crippen molar-refractivity contribution >= 4 is 0 Å². The molecule has 0 spiro atoms. The van der Waals surface area contributed by atoms with Gasteiger partial charge >= 0.3 is 0 Å². The fourth-order valence-electron chi connectivity index (χ4n) is 1.40. The van der Waals surface area contributed by atoms with Gasteiger partial charge in [0.15, 0.2) is 0 Å². The van der Waals surface area contributed by atoms with Gasteiger partial charge in [0.1, 0.15) is 0 Å². The van der Waals surface area contributed by atoms with E-state index in [1.165, 1.54) is 0 Å². The van der Waals surface area contributed by atoms with Gasteiger partial charge in [0.05, 0.1) is 0 Å². The third-order valence-electron chi connectivity index (χ3n) is 2.27. The van der Waals surface area contributed by atoms with E-state index >= 15 is 0 Å². The molecule has 0 heterocycles. The molecule has 0 fully saturated rings. The molecule has 0 aliphatic heterocycles. The summed E-state index contributed by atoms with van der Waals surface area (Å²) in [5.74, 6) is 0.310. The Hall–Kier alpha value is -1.56. The van der Waals surface area contributed by atoms with Gasteiger partial charge in [-0.15, -0.1) is 0 Å². The maximum atomic E-state index is 3.20. The Kier molecular flexibility index (Phi) is 2.64. The molecule has 2 rings (SSSR count). The van der Waals surface area contributed by atoms with Gasteiger partial charge in [-0.1, -0.05) is 31.2 Å². The van der Waals surface area contributed by atoms with E-state index in [4.69, 9.17) is 0 Å². The van der Waals surface area contributed by atoms with Crippen LogP contribution in [0.25, 0.3) is 0 Å². The minimum absolute atomic E-state index is 0.310. The molecule has 66 valence electrons. The summed E-state index contributed by atoms with van der Waals surface area (Å²) in [5, 5.41) is 0. The Morgan fingerprint density at radius 2 is 1.36 bits per heavy atom. The molecule has 2 aromatic rings. The van der Waals surface area contributed by atoms with Crippen molar-refractivity contribution in [3.05, 3.63) is 71.8 Å². The lowest BCUT2D eigenvalue weighted by Gasteiger charge is -2.10. The standard InChI is InChI=1S/C14H10/c1-12(13-8-4-2-5-9-13)14-10-6-3-7-11-14/h2-4,6,9,11-12H,1H3. The first-order chi connectivity index (χ1) is 6.88. The zero-order valence-electron chi connectivity index (χ0n) is 8.04. The van der Waals surface area contributed by atoms with Crippen LogP contribution in [0.3, 0.4) is 0 Å². The first-order valence-corrected chi connectivity index (χ1v) is 4.63. The average molecular weight is 178 g/mol. The highest BCUT2D eigenvalue weighted by Gasteiger charge is 2.06. The Balaban J connectivity index is 2.30. The van der Waals surface area contributed by atoms with Crippen molar-refractivity contribution in [3.63, 3.8) is 0 Å². The van der Waals surface area contributed by atoms with E-state index in [1.54, 1.807) is 0 Å². The second kappa shape index (κ2) is 4.10. The van der Waals surface area contributed by atoms with Gasteiger partial charge in [0.25, 0.3) is 0 Å². The van der Waals surface area contributed by atoms with Crippen LogP contribution in [0.4, 0.5) is 0 Å². The molecule has 4 radical (unpaired) electrons. The largest absolute Gasteiger partial charge is 0.0542 e. The Morgan fingerprint density at radius 1 is 0.857 bits per heavy atom.